The molecular weight excluding hydrogens is 322 g/mol. The van der Waals surface area contributed by atoms with Gasteiger partial charge in [-0.1, -0.05) is 12.1 Å². The molecule has 0 aliphatic carbocycles. The molecule has 1 aromatic heterocycles. The van der Waals surface area contributed by atoms with Gasteiger partial charge in [0.15, 0.2) is 0 Å². The number of rotatable bonds is 4. The van der Waals surface area contributed by atoms with Crippen molar-refractivity contribution < 1.29 is 18.7 Å². The molecule has 0 atom stereocenters. The molecule has 0 fully saturated rings. The third kappa shape index (κ3) is 3.51. The van der Waals surface area contributed by atoms with E-state index in [4.69, 9.17) is 14.4 Å². The highest BCUT2D eigenvalue weighted by Gasteiger charge is 2.08. The number of hydrogen-bond donors (Lipinski definition) is 0. The summed E-state index contributed by atoms with van der Waals surface area (Å²) in [7, 11) is 1.33. The molecule has 0 radical (unpaired) electrons. The normalized spacial score (nSPS) is 10.2. The summed E-state index contributed by atoms with van der Waals surface area (Å²) in [6.45, 7) is 0.233. The van der Waals surface area contributed by atoms with Gasteiger partial charge in [-0.3, -0.25) is 0 Å². The van der Waals surface area contributed by atoms with E-state index in [2.05, 4.69) is 4.74 Å². The lowest BCUT2D eigenvalue weighted by atomic mass is 10.1. The molecule has 1 heterocycles. The van der Waals surface area contributed by atoms with E-state index < -0.39 is 11.6 Å². The summed E-state index contributed by atoms with van der Waals surface area (Å²) in [6, 6.07) is 15.2. The Bertz CT molecular complexity index is 1050. The second-order valence-electron chi connectivity index (χ2n) is 5.24. The van der Waals surface area contributed by atoms with Crippen molar-refractivity contribution in [3.8, 4) is 11.8 Å². The average Bonchev–Trinajstić information content (AvgIpc) is 2.65. The van der Waals surface area contributed by atoms with Crippen LogP contribution in [0.2, 0.25) is 0 Å². The van der Waals surface area contributed by atoms with Gasteiger partial charge in [0, 0.05) is 11.5 Å². The highest BCUT2D eigenvalue weighted by molar-refractivity contribution is 5.89. The van der Waals surface area contributed by atoms with Gasteiger partial charge in [-0.15, -0.1) is 0 Å². The van der Waals surface area contributed by atoms with Crippen LogP contribution in [0.15, 0.2) is 57.7 Å². The lowest BCUT2D eigenvalue weighted by molar-refractivity contribution is 0.0600. The molecule has 2 aromatic carbocycles. The second kappa shape index (κ2) is 6.89. The zero-order valence-corrected chi connectivity index (χ0v) is 13.3. The van der Waals surface area contributed by atoms with Crippen LogP contribution in [0.25, 0.3) is 11.0 Å². The highest BCUT2D eigenvalue weighted by atomic mass is 16.5. The van der Waals surface area contributed by atoms with E-state index in [0.29, 0.717) is 22.3 Å². The van der Waals surface area contributed by atoms with Gasteiger partial charge in [-0.2, -0.15) is 5.26 Å². The zero-order valence-electron chi connectivity index (χ0n) is 13.3. The summed E-state index contributed by atoms with van der Waals surface area (Å²) < 4.78 is 15.5. The van der Waals surface area contributed by atoms with E-state index in [1.165, 1.54) is 13.2 Å². The Kier molecular flexibility index (Phi) is 4.48. The summed E-state index contributed by atoms with van der Waals surface area (Å²) in [5.74, 6) is 0.0893. The van der Waals surface area contributed by atoms with Crippen LogP contribution in [-0.4, -0.2) is 13.1 Å². The first kappa shape index (κ1) is 16.3. The number of fused-ring (bicyclic) bond motifs is 1. The van der Waals surface area contributed by atoms with Crippen LogP contribution >= 0.6 is 0 Å². The van der Waals surface area contributed by atoms with Gasteiger partial charge in [0.25, 0.3) is 0 Å². The van der Waals surface area contributed by atoms with E-state index in [-0.39, 0.29) is 12.2 Å². The number of benzene rings is 2. The molecule has 0 aliphatic heterocycles. The minimum atomic E-state index is -0.682. The van der Waals surface area contributed by atoms with Gasteiger partial charge in [-0.25, -0.2) is 9.59 Å². The van der Waals surface area contributed by atoms with E-state index in [9.17, 15) is 9.59 Å². The maximum absolute atomic E-state index is 11.6. The van der Waals surface area contributed by atoms with E-state index in [1.807, 2.05) is 6.07 Å². The molecule has 0 spiro atoms. The topological polar surface area (TPSA) is 89.5 Å². The number of esters is 1. The third-order valence-corrected chi connectivity index (χ3v) is 3.58. The van der Waals surface area contributed by atoms with Gasteiger partial charge in [0.2, 0.25) is 0 Å². The fraction of sp³-hybridized carbons (Fsp3) is 0.105. The number of hydrogen-bond acceptors (Lipinski definition) is 6. The summed E-state index contributed by atoms with van der Waals surface area (Å²) >= 11 is 0. The molecule has 25 heavy (non-hydrogen) atoms. The molecule has 6 heteroatoms. The van der Waals surface area contributed by atoms with Crippen LogP contribution in [0.4, 0.5) is 0 Å². The van der Waals surface area contributed by atoms with Crippen molar-refractivity contribution in [3.63, 3.8) is 0 Å². The zero-order chi connectivity index (χ0) is 17.8. The predicted octanol–water partition coefficient (Wildman–Crippen LogP) is 3.03. The molecule has 0 amide bonds. The number of nitriles is 1. The third-order valence-electron chi connectivity index (χ3n) is 3.58. The fourth-order valence-electron chi connectivity index (χ4n) is 2.33. The number of nitrogens with zero attached hydrogens (tertiary/aromatic N) is 1. The van der Waals surface area contributed by atoms with Crippen LogP contribution in [0.5, 0.6) is 5.75 Å². The van der Waals surface area contributed by atoms with Crippen LogP contribution in [-0.2, 0) is 11.3 Å². The number of ether oxygens (including phenoxy) is 2. The highest BCUT2D eigenvalue weighted by Crippen LogP contribution is 2.21. The molecular formula is C19H13NO5. The Morgan fingerprint density at radius 3 is 2.80 bits per heavy atom. The fourth-order valence-corrected chi connectivity index (χ4v) is 2.33. The number of carbonyl (C=O) groups is 1. The van der Waals surface area contributed by atoms with Crippen molar-refractivity contribution in [3.05, 3.63) is 75.6 Å². The standard InChI is InChI=1S/C19H13NO5/c1-23-18(21)14-4-2-3-12(7-14)11-24-16-6-5-13-8-15(10-20)19(22)25-17(13)9-16/h2-9H,11H2,1H3. The van der Waals surface area contributed by atoms with Crippen molar-refractivity contribution >= 4 is 16.9 Å². The lowest BCUT2D eigenvalue weighted by Gasteiger charge is -2.08. The van der Waals surface area contributed by atoms with Crippen LogP contribution in [0.1, 0.15) is 21.5 Å². The van der Waals surface area contributed by atoms with Crippen molar-refractivity contribution in [2.45, 2.75) is 6.61 Å². The van der Waals surface area contributed by atoms with Crippen molar-refractivity contribution in [1.82, 2.24) is 0 Å². The monoisotopic (exact) mass is 335 g/mol. The van der Waals surface area contributed by atoms with Crippen LogP contribution < -0.4 is 10.4 Å². The molecule has 0 aliphatic rings. The van der Waals surface area contributed by atoms with E-state index in [1.54, 1.807) is 42.5 Å². The molecule has 0 saturated heterocycles. The van der Waals surface area contributed by atoms with Crippen LogP contribution in [0, 0.1) is 11.3 Å². The Morgan fingerprint density at radius 1 is 1.20 bits per heavy atom. The first-order valence-corrected chi connectivity index (χ1v) is 7.39. The Hall–Kier alpha value is -3.59. The van der Waals surface area contributed by atoms with Crippen LogP contribution in [0.3, 0.4) is 0 Å². The minimum Gasteiger partial charge on any atom is -0.489 e. The largest absolute Gasteiger partial charge is 0.489 e. The van der Waals surface area contributed by atoms with Crippen molar-refractivity contribution in [2.24, 2.45) is 0 Å². The smallest absolute Gasteiger partial charge is 0.354 e. The summed E-state index contributed by atoms with van der Waals surface area (Å²) in [6.07, 6.45) is 0. The Morgan fingerprint density at radius 2 is 2.04 bits per heavy atom. The molecule has 3 rings (SSSR count). The molecule has 0 unspecified atom stereocenters. The van der Waals surface area contributed by atoms with Crippen molar-refractivity contribution in [1.29, 1.82) is 5.26 Å². The predicted molar refractivity (Wildman–Crippen MR) is 89.3 cm³/mol. The van der Waals surface area contributed by atoms with E-state index in [0.717, 1.165) is 5.56 Å². The van der Waals surface area contributed by atoms with Crippen molar-refractivity contribution in [2.75, 3.05) is 7.11 Å². The molecule has 3 aromatic rings. The molecule has 6 nitrogen and oxygen atoms in total. The summed E-state index contributed by atoms with van der Waals surface area (Å²) in [5, 5.41) is 9.49. The second-order valence-corrected chi connectivity index (χ2v) is 5.24. The maximum atomic E-state index is 11.6. The molecule has 0 N–H and O–H groups in total. The Balaban J connectivity index is 1.81. The lowest BCUT2D eigenvalue weighted by Crippen LogP contribution is -2.04. The first-order valence-electron chi connectivity index (χ1n) is 7.39. The number of methoxy groups -OCH3 is 1. The quantitative estimate of drug-likeness (QED) is 0.538. The average molecular weight is 335 g/mol. The van der Waals surface area contributed by atoms with Gasteiger partial charge < -0.3 is 13.9 Å². The summed E-state index contributed by atoms with van der Waals surface area (Å²) in [4.78, 5) is 23.2. The van der Waals surface area contributed by atoms with Gasteiger partial charge in [-0.05, 0) is 35.9 Å². The molecule has 0 saturated carbocycles. The van der Waals surface area contributed by atoms with Gasteiger partial charge in [0.05, 0.1) is 12.7 Å². The molecule has 0 bridgehead atoms. The summed E-state index contributed by atoms with van der Waals surface area (Å²) in [5.41, 5.74) is 0.852. The first-order chi connectivity index (χ1) is 12.1. The van der Waals surface area contributed by atoms with Gasteiger partial charge in [0.1, 0.15) is 29.6 Å². The van der Waals surface area contributed by atoms with E-state index >= 15 is 0 Å². The Labute approximate surface area is 142 Å². The number of carbonyl (C=O) groups excluding carboxylic acids is 1. The van der Waals surface area contributed by atoms with Gasteiger partial charge >= 0.3 is 11.6 Å². The maximum Gasteiger partial charge on any atom is 0.354 e. The minimum absolute atomic E-state index is 0.0409. The SMILES string of the molecule is COC(=O)c1cccc(COc2ccc3cc(C#N)c(=O)oc3c2)c1. The molecule has 124 valence electrons.